The van der Waals surface area contributed by atoms with Crippen LogP contribution in [0.5, 0.6) is 0 Å². The van der Waals surface area contributed by atoms with Crippen LogP contribution in [0.4, 0.5) is 13.2 Å². The Bertz CT molecular complexity index is 423. The van der Waals surface area contributed by atoms with E-state index >= 15 is 0 Å². The third kappa shape index (κ3) is 6.15. The van der Waals surface area contributed by atoms with Gasteiger partial charge in [-0.25, -0.2) is 0 Å². The molecule has 0 saturated carbocycles. The van der Waals surface area contributed by atoms with E-state index in [0.717, 1.165) is 12.8 Å². The van der Waals surface area contributed by atoms with Crippen LogP contribution in [0.25, 0.3) is 0 Å². The number of hydrogen-bond acceptors (Lipinski definition) is 4. The summed E-state index contributed by atoms with van der Waals surface area (Å²) in [5.41, 5.74) is 0. The molecule has 1 N–H and O–H groups in total. The topological polar surface area (TPSA) is 61.9 Å². The Labute approximate surface area is 138 Å². The average molecular weight is 360 g/mol. The van der Waals surface area contributed by atoms with Gasteiger partial charge in [0.1, 0.15) is 13.2 Å². The van der Waals surface area contributed by atoms with Crippen LogP contribution in [-0.2, 0) is 14.3 Å². The fraction of sp³-hybridized carbons (Fsp3) is 0.846. The highest BCUT2D eigenvalue weighted by Crippen LogP contribution is 2.18. The Morgan fingerprint density at radius 2 is 2.09 bits per heavy atom. The Balaban J connectivity index is 0.00000264. The third-order valence-electron chi connectivity index (χ3n) is 3.81. The zero-order valence-corrected chi connectivity index (χ0v) is 13.4. The fourth-order valence-corrected chi connectivity index (χ4v) is 2.79. The highest BCUT2D eigenvalue weighted by molar-refractivity contribution is 5.85. The number of likely N-dealkylation sites (tertiary alicyclic amines) is 1. The number of nitrogens with zero attached hydrogens (tertiary/aromatic N) is 2. The van der Waals surface area contributed by atoms with Crippen LogP contribution in [0.3, 0.4) is 0 Å². The van der Waals surface area contributed by atoms with Gasteiger partial charge >= 0.3 is 6.18 Å². The van der Waals surface area contributed by atoms with Crippen LogP contribution in [-0.4, -0.2) is 79.8 Å². The normalized spacial score (nSPS) is 22.7. The molecule has 1 unspecified atom stereocenters. The molecule has 2 fully saturated rings. The number of piperidine rings is 1. The van der Waals surface area contributed by atoms with Crippen molar-refractivity contribution >= 4 is 24.2 Å². The van der Waals surface area contributed by atoms with E-state index in [0.29, 0.717) is 32.7 Å². The summed E-state index contributed by atoms with van der Waals surface area (Å²) in [7, 11) is 0. The lowest BCUT2D eigenvalue weighted by Crippen LogP contribution is -2.57. The maximum atomic E-state index is 12.0. The summed E-state index contributed by atoms with van der Waals surface area (Å²) < 4.78 is 40.4. The van der Waals surface area contributed by atoms with Gasteiger partial charge in [-0.2, -0.15) is 13.2 Å². The molecule has 0 aromatic rings. The highest BCUT2D eigenvalue weighted by atomic mass is 35.5. The highest BCUT2D eigenvalue weighted by Gasteiger charge is 2.32. The molecule has 2 amide bonds. The number of alkyl halides is 3. The van der Waals surface area contributed by atoms with Crippen molar-refractivity contribution in [3.05, 3.63) is 0 Å². The number of nitrogens with one attached hydrogen (secondary N) is 1. The van der Waals surface area contributed by atoms with Gasteiger partial charge in [-0.05, 0) is 12.8 Å². The van der Waals surface area contributed by atoms with Crippen LogP contribution in [0.2, 0.25) is 0 Å². The first-order valence-electron chi connectivity index (χ1n) is 7.29. The molecular weight excluding hydrogens is 339 g/mol. The lowest BCUT2D eigenvalue weighted by Gasteiger charge is -2.41. The predicted molar refractivity (Wildman–Crippen MR) is 78.3 cm³/mol. The van der Waals surface area contributed by atoms with Crippen LogP contribution >= 0.6 is 12.4 Å². The number of piperazine rings is 1. The van der Waals surface area contributed by atoms with E-state index < -0.39 is 25.3 Å². The molecule has 2 aliphatic heterocycles. The monoisotopic (exact) mass is 359 g/mol. The summed E-state index contributed by atoms with van der Waals surface area (Å²) in [6, 6.07) is -0.0603. The van der Waals surface area contributed by atoms with Crippen molar-refractivity contribution in [1.29, 1.82) is 0 Å². The van der Waals surface area contributed by atoms with Crippen LogP contribution in [0.1, 0.15) is 12.8 Å². The van der Waals surface area contributed by atoms with Gasteiger partial charge in [-0.3, -0.25) is 9.59 Å². The third-order valence-corrected chi connectivity index (χ3v) is 3.81. The Morgan fingerprint density at radius 1 is 1.35 bits per heavy atom. The minimum atomic E-state index is -4.43. The predicted octanol–water partition coefficient (Wildman–Crippen LogP) is 0.410. The van der Waals surface area contributed by atoms with E-state index in [4.69, 9.17) is 0 Å². The SMILES string of the molecule is Cl.O=C(COCC(F)(F)F)N1CCCC(N2CCNCC2=O)C1. The molecule has 0 aromatic heterocycles. The molecule has 6 nitrogen and oxygen atoms in total. The smallest absolute Gasteiger partial charge is 0.362 e. The first-order valence-corrected chi connectivity index (χ1v) is 7.29. The van der Waals surface area contributed by atoms with Gasteiger partial charge in [0, 0.05) is 32.2 Å². The van der Waals surface area contributed by atoms with Crippen molar-refractivity contribution < 1.29 is 27.5 Å². The maximum absolute atomic E-state index is 12.0. The largest absolute Gasteiger partial charge is 0.411 e. The molecule has 2 saturated heterocycles. The summed E-state index contributed by atoms with van der Waals surface area (Å²) >= 11 is 0. The number of carbonyl (C=O) groups is 2. The fourth-order valence-electron chi connectivity index (χ4n) is 2.79. The first-order chi connectivity index (χ1) is 10.4. The number of rotatable bonds is 4. The second-order valence-corrected chi connectivity index (χ2v) is 5.51. The van der Waals surface area contributed by atoms with Crippen molar-refractivity contribution in [3.8, 4) is 0 Å². The summed E-state index contributed by atoms with van der Waals surface area (Å²) in [6.45, 7) is 0.444. The molecule has 0 aliphatic carbocycles. The average Bonchev–Trinajstić information content (AvgIpc) is 2.46. The lowest BCUT2D eigenvalue weighted by atomic mass is 10.0. The molecule has 0 spiro atoms. The number of amides is 2. The molecule has 10 heteroatoms. The molecule has 0 bridgehead atoms. The molecule has 2 heterocycles. The number of hydrogen-bond donors (Lipinski definition) is 1. The summed E-state index contributed by atoms with van der Waals surface area (Å²) in [4.78, 5) is 27.0. The molecular formula is C13H21ClF3N3O3. The lowest BCUT2D eigenvalue weighted by molar-refractivity contribution is -0.178. The Morgan fingerprint density at radius 3 is 2.74 bits per heavy atom. The molecule has 1 atom stereocenters. The van der Waals surface area contributed by atoms with Crippen molar-refractivity contribution in [2.24, 2.45) is 0 Å². The van der Waals surface area contributed by atoms with E-state index in [9.17, 15) is 22.8 Å². The Kier molecular flexibility index (Phi) is 7.56. The van der Waals surface area contributed by atoms with Crippen molar-refractivity contribution in [1.82, 2.24) is 15.1 Å². The van der Waals surface area contributed by atoms with E-state index in [1.165, 1.54) is 4.90 Å². The van der Waals surface area contributed by atoms with Gasteiger partial charge in [-0.15, -0.1) is 12.4 Å². The summed E-state index contributed by atoms with van der Waals surface area (Å²) in [5.74, 6) is -0.463. The number of ether oxygens (including phenoxy) is 1. The van der Waals surface area contributed by atoms with Gasteiger partial charge in [0.2, 0.25) is 11.8 Å². The summed E-state index contributed by atoms with van der Waals surface area (Å²) in [6.07, 6.45) is -2.90. The number of halogens is 4. The van der Waals surface area contributed by atoms with Gasteiger partial charge in [0.25, 0.3) is 0 Å². The standard InChI is InChI=1S/C13H20F3N3O3.ClH/c14-13(15,16)9-22-8-12(21)18-4-1-2-10(7-18)19-5-3-17-6-11(19)20;/h10,17H,1-9H2;1H. The van der Waals surface area contributed by atoms with E-state index in [-0.39, 0.29) is 24.4 Å². The molecule has 2 aliphatic rings. The van der Waals surface area contributed by atoms with Crippen LogP contribution in [0.15, 0.2) is 0 Å². The second-order valence-electron chi connectivity index (χ2n) is 5.51. The van der Waals surface area contributed by atoms with Gasteiger partial charge < -0.3 is 19.9 Å². The zero-order valence-electron chi connectivity index (χ0n) is 12.6. The van der Waals surface area contributed by atoms with Gasteiger partial charge in [0.05, 0.1) is 6.54 Å². The minimum absolute atomic E-state index is 0. The van der Waals surface area contributed by atoms with E-state index in [2.05, 4.69) is 10.1 Å². The van der Waals surface area contributed by atoms with E-state index in [1.54, 1.807) is 4.90 Å². The molecule has 23 heavy (non-hydrogen) atoms. The zero-order chi connectivity index (χ0) is 16.2. The van der Waals surface area contributed by atoms with Gasteiger partial charge in [-0.1, -0.05) is 0 Å². The quantitative estimate of drug-likeness (QED) is 0.790. The molecule has 0 radical (unpaired) electrons. The molecule has 0 aromatic carbocycles. The second kappa shape index (κ2) is 8.70. The molecule has 2 rings (SSSR count). The van der Waals surface area contributed by atoms with Crippen molar-refractivity contribution in [3.63, 3.8) is 0 Å². The minimum Gasteiger partial charge on any atom is -0.362 e. The van der Waals surface area contributed by atoms with Crippen LogP contribution < -0.4 is 5.32 Å². The van der Waals surface area contributed by atoms with Crippen molar-refractivity contribution in [2.45, 2.75) is 25.1 Å². The van der Waals surface area contributed by atoms with Gasteiger partial charge in [0.15, 0.2) is 0 Å². The van der Waals surface area contributed by atoms with E-state index in [1.807, 2.05) is 0 Å². The maximum Gasteiger partial charge on any atom is 0.411 e. The number of carbonyl (C=O) groups excluding carboxylic acids is 2. The molecule has 134 valence electrons. The first kappa shape index (κ1) is 20.0. The van der Waals surface area contributed by atoms with Crippen molar-refractivity contribution in [2.75, 3.05) is 45.9 Å². The Hall–Kier alpha value is -1.06. The summed E-state index contributed by atoms with van der Waals surface area (Å²) in [5, 5.41) is 2.98. The van der Waals surface area contributed by atoms with Crippen LogP contribution in [0, 0.1) is 0 Å².